The van der Waals surface area contributed by atoms with Gasteiger partial charge in [-0.15, -0.1) is 0 Å². The average molecular weight is 553 g/mol. The third-order valence-corrected chi connectivity index (χ3v) is 6.56. The van der Waals surface area contributed by atoms with E-state index in [0.29, 0.717) is 45.3 Å². The smallest absolute Gasteiger partial charge is 0.128 e. The zero-order valence-corrected chi connectivity index (χ0v) is 22.4. The van der Waals surface area contributed by atoms with Crippen molar-refractivity contribution in [3.63, 3.8) is 0 Å². The Bertz CT molecular complexity index is 1270. The van der Waals surface area contributed by atoms with Gasteiger partial charge in [0, 0.05) is 48.0 Å². The van der Waals surface area contributed by atoms with Gasteiger partial charge in [-0.2, -0.15) is 0 Å². The number of carbonyl (C=O) groups excluding carboxylic acids is 4. The van der Waals surface area contributed by atoms with Crippen molar-refractivity contribution in [1.82, 2.24) is 0 Å². The fourth-order valence-corrected chi connectivity index (χ4v) is 4.22. The third kappa shape index (κ3) is 8.45. The van der Waals surface area contributed by atoms with Crippen molar-refractivity contribution in [2.24, 2.45) is 5.41 Å². The molecule has 0 aromatic carbocycles. The Morgan fingerprint density at radius 3 is 0.927 bits per heavy atom. The van der Waals surface area contributed by atoms with Crippen LogP contribution in [0, 0.1) is 5.41 Å². The number of hydrogen-bond acceptors (Lipinski definition) is 8. The van der Waals surface area contributed by atoms with Gasteiger partial charge >= 0.3 is 0 Å². The van der Waals surface area contributed by atoms with Crippen molar-refractivity contribution in [2.75, 3.05) is 26.4 Å². The summed E-state index contributed by atoms with van der Waals surface area (Å²) < 4.78 is 24.8. The van der Waals surface area contributed by atoms with Crippen molar-refractivity contribution in [3.05, 3.63) is 118 Å². The molecular formula is C33H28O8. The molecule has 41 heavy (non-hydrogen) atoms. The molecule has 0 aromatic heterocycles. The summed E-state index contributed by atoms with van der Waals surface area (Å²) >= 11 is 0. The molecule has 0 amide bonds. The van der Waals surface area contributed by atoms with Gasteiger partial charge in [-0.3, -0.25) is 0 Å². The molecule has 0 unspecified atom stereocenters. The van der Waals surface area contributed by atoms with Gasteiger partial charge in [0.1, 0.15) is 78.6 Å². The van der Waals surface area contributed by atoms with E-state index in [1.165, 1.54) is 0 Å². The molecule has 4 aliphatic carbocycles. The minimum absolute atomic E-state index is 0.0807. The maximum atomic E-state index is 11.2. The third-order valence-electron chi connectivity index (χ3n) is 6.56. The lowest BCUT2D eigenvalue weighted by molar-refractivity contribution is -0.0671. The van der Waals surface area contributed by atoms with E-state index in [0.717, 1.165) is 0 Å². The Kier molecular flexibility index (Phi) is 10.1. The van der Waals surface area contributed by atoms with E-state index in [4.69, 9.17) is 18.9 Å². The molecule has 4 rings (SSSR count). The second-order valence-electron chi connectivity index (χ2n) is 9.84. The van der Waals surface area contributed by atoms with Crippen LogP contribution in [0.4, 0.5) is 0 Å². The topological polar surface area (TPSA) is 105 Å². The molecule has 0 bridgehead atoms. The maximum absolute atomic E-state index is 11.2. The van der Waals surface area contributed by atoms with Crippen molar-refractivity contribution in [1.29, 1.82) is 0 Å². The second kappa shape index (κ2) is 14.3. The van der Waals surface area contributed by atoms with E-state index in [1.807, 2.05) is 23.8 Å². The molecule has 8 heteroatoms. The van der Waals surface area contributed by atoms with E-state index in [9.17, 15) is 19.2 Å². The van der Waals surface area contributed by atoms with E-state index < -0.39 is 5.41 Å². The average Bonchev–Trinajstić information content (AvgIpc) is 3.04. The SMILES string of the molecule is O=C=C1C=CC=C(OCC(COC2=CC=CC(=C=O)C2)(COC2=CC=CC(=C=O)C2)COC2=CC=CC(=C=O)C2)C1. The van der Waals surface area contributed by atoms with Crippen LogP contribution in [0.1, 0.15) is 25.7 Å². The minimum Gasteiger partial charge on any atom is -0.497 e. The van der Waals surface area contributed by atoms with E-state index >= 15 is 0 Å². The first-order chi connectivity index (χ1) is 20.0. The lowest BCUT2D eigenvalue weighted by Gasteiger charge is -2.35. The van der Waals surface area contributed by atoms with Crippen LogP contribution in [0.5, 0.6) is 0 Å². The van der Waals surface area contributed by atoms with Gasteiger partial charge in [0.15, 0.2) is 0 Å². The standard InChI is InChI=1S/C33H28O8/c34-17-25-5-1-9-29(13-25)38-21-33(22-39-30-10-2-6-26(14-30)18-35,23-40-31-11-3-7-27(15-31)19-36)24-41-32-12-4-8-28(16-32)20-37/h1-12H,13-16,21-24H2. The molecule has 0 fully saturated rings. The highest BCUT2D eigenvalue weighted by Gasteiger charge is 2.37. The molecule has 0 spiro atoms. The molecule has 0 atom stereocenters. The molecule has 0 N–H and O–H groups in total. The van der Waals surface area contributed by atoms with Crippen LogP contribution >= 0.6 is 0 Å². The summed E-state index contributed by atoms with van der Waals surface area (Å²) in [5.41, 5.74) is 0.931. The van der Waals surface area contributed by atoms with Crippen LogP contribution in [0.3, 0.4) is 0 Å². The zero-order valence-electron chi connectivity index (χ0n) is 22.4. The summed E-state index contributed by atoms with van der Waals surface area (Å²) in [7, 11) is 0. The van der Waals surface area contributed by atoms with E-state index in [1.54, 1.807) is 72.9 Å². The first-order valence-electron chi connectivity index (χ1n) is 13.0. The van der Waals surface area contributed by atoms with Crippen molar-refractivity contribution < 1.29 is 38.1 Å². The molecule has 0 aliphatic heterocycles. The van der Waals surface area contributed by atoms with Gasteiger partial charge in [0.2, 0.25) is 0 Å². The zero-order chi connectivity index (χ0) is 28.9. The summed E-state index contributed by atoms with van der Waals surface area (Å²) in [5, 5.41) is 0. The van der Waals surface area contributed by atoms with Crippen molar-refractivity contribution >= 4 is 23.8 Å². The molecule has 0 heterocycles. The van der Waals surface area contributed by atoms with E-state index in [-0.39, 0.29) is 52.1 Å². The molecular weight excluding hydrogens is 524 g/mol. The quantitative estimate of drug-likeness (QED) is 0.327. The molecule has 8 nitrogen and oxygen atoms in total. The van der Waals surface area contributed by atoms with Gasteiger partial charge in [-0.25, -0.2) is 19.2 Å². The van der Waals surface area contributed by atoms with E-state index in [2.05, 4.69) is 0 Å². The van der Waals surface area contributed by atoms with Crippen LogP contribution < -0.4 is 0 Å². The molecule has 0 saturated heterocycles. The Morgan fingerprint density at radius 2 is 0.707 bits per heavy atom. The van der Waals surface area contributed by atoms with Crippen LogP contribution in [0.2, 0.25) is 0 Å². The highest BCUT2D eigenvalue weighted by Crippen LogP contribution is 2.31. The summed E-state index contributed by atoms with van der Waals surface area (Å²) in [5.74, 6) is 9.90. The minimum atomic E-state index is -0.916. The van der Waals surface area contributed by atoms with Crippen LogP contribution in [0.25, 0.3) is 0 Å². The van der Waals surface area contributed by atoms with Crippen molar-refractivity contribution in [3.8, 4) is 0 Å². The molecule has 0 aromatic rings. The van der Waals surface area contributed by atoms with Gasteiger partial charge in [-0.05, 0) is 48.6 Å². The maximum Gasteiger partial charge on any atom is 0.128 e. The fourth-order valence-electron chi connectivity index (χ4n) is 4.22. The highest BCUT2D eigenvalue weighted by molar-refractivity contribution is 5.61. The predicted molar refractivity (Wildman–Crippen MR) is 150 cm³/mol. The first kappa shape index (κ1) is 28.9. The summed E-state index contributed by atoms with van der Waals surface area (Å²) in [6.45, 7) is 0.323. The number of rotatable bonds is 12. The molecule has 0 radical (unpaired) electrons. The largest absolute Gasteiger partial charge is 0.497 e. The lowest BCUT2D eigenvalue weighted by atomic mass is 9.91. The number of hydrogen-bond donors (Lipinski definition) is 0. The van der Waals surface area contributed by atoms with Crippen LogP contribution in [-0.4, -0.2) is 50.2 Å². The van der Waals surface area contributed by atoms with Crippen LogP contribution in [-0.2, 0) is 38.1 Å². The number of allylic oxidation sites excluding steroid dienone is 16. The Hall–Kier alpha value is -5.08. The second-order valence-corrected chi connectivity index (χ2v) is 9.84. The molecule has 208 valence electrons. The van der Waals surface area contributed by atoms with Gasteiger partial charge < -0.3 is 18.9 Å². The fraction of sp³-hybridized carbons (Fsp3) is 0.273. The highest BCUT2D eigenvalue weighted by atomic mass is 16.5. The Labute approximate surface area is 237 Å². The van der Waals surface area contributed by atoms with Crippen molar-refractivity contribution in [2.45, 2.75) is 25.7 Å². The summed E-state index contributed by atoms with van der Waals surface area (Å²) in [4.78, 5) is 44.9. The normalized spacial score (nSPS) is 18.9. The van der Waals surface area contributed by atoms with Gasteiger partial charge in [0.05, 0.1) is 0 Å². The lowest BCUT2D eigenvalue weighted by Crippen LogP contribution is -2.41. The summed E-state index contributed by atoms with van der Waals surface area (Å²) in [6.07, 6.45) is 21.8. The molecule has 0 saturated carbocycles. The molecule has 4 aliphatic rings. The summed E-state index contributed by atoms with van der Waals surface area (Å²) in [6, 6.07) is 0. The first-order valence-corrected chi connectivity index (χ1v) is 13.0. The van der Waals surface area contributed by atoms with Gasteiger partial charge in [0.25, 0.3) is 0 Å². The monoisotopic (exact) mass is 552 g/mol. The Morgan fingerprint density at radius 1 is 0.463 bits per heavy atom. The predicted octanol–water partition coefficient (Wildman–Crippen LogP) is 4.45. The number of ether oxygens (including phenoxy) is 4. The van der Waals surface area contributed by atoms with Gasteiger partial charge in [-0.1, -0.05) is 24.3 Å². The van der Waals surface area contributed by atoms with Crippen LogP contribution in [0.15, 0.2) is 118 Å². The Balaban J connectivity index is 1.59.